The van der Waals surface area contributed by atoms with E-state index in [-0.39, 0.29) is 11.8 Å². The van der Waals surface area contributed by atoms with Gasteiger partial charge in [-0.15, -0.1) is 0 Å². The maximum absolute atomic E-state index is 11.1. The summed E-state index contributed by atoms with van der Waals surface area (Å²) in [6, 6.07) is 0.832. The van der Waals surface area contributed by atoms with Crippen LogP contribution in [0.25, 0.3) is 0 Å². The Kier molecular flexibility index (Phi) is 4.39. The van der Waals surface area contributed by atoms with E-state index in [1.54, 1.807) is 0 Å². The van der Waals surface area contributed by atoms with Gasteiger partial charge in [0.1, 0.15) is 0 Å². The van der Waals surface area contributed by atoms with Crippen LogP contribution in [0.1, 0.15) is 46.0 Å². The van der Waals surface area contributed by atoms with E-state index in [2.05, 4.69) is 19.2 Å². The van der Waals surface area contributed by atoms with E-state index >= 15 is 0 Å². The maximum Gasteiger partial charge on any atom is 0.222 e. The van der Waals surface area contributed by atoms with Gasteiger partial charge in [0.05, 0.1) is 5.92 Å². The van der Waals surface area contributed by atoms with Crippen molar-refractivity contribution in [2.75, 3.05) is 0 Å². The minimum Gasteiger partial charge on any atom is -0.369 e. The molecule has 0 aromatic rings. The molecular weight excluding hydrogens is 176 g/mol. The van der Waals surface area contributed by atoms with E-state index in [1.165, 1.54) is 12.8 Å². The monoisotopic (exact) mass is 198 g/mol. The van der Waals surface area contributed by atoms with Gasteiger partial charge in [-0.25, -0.2) is 0 Å². The van der Waals surface area contributed by atoms with Gasteiger partial charge >= 0.3 is 0 Å². The van der Waals surface area contributed by atoms with Crippen LogP contribution >= 0.6 is 0 Å². The van der Waals surface area contributed by atoms with Crippen LogP contribution in [0.5, 0.6) is 0 Å². The average molecular weight is 198 g/mol. The fourth-order valence-corrected chi connectivity index (χ4v) is 2.38. The summed E-state index contributed by atoms with van der Waals surface area (Å²) in [5.41, 5.74) is 5.36. The van der Waals surface area contributed by atoms with Crippen molar-refractivity contribution in [3.63, 3.8) is 0 Å². The number of nitrogens with one attached hydrogen (secondary N) is 1. The van der Waals surface area contributed by atoms with Crippen molar-refractivity contribution < 1.29 is 4.79 Å². The molecule has 82 valence electrons. The number of rotatable bonds is 5. The van der Waals surface area contributed by atoms with Crippen molar-refractivity contribution in [2.24, 2.45) is 11.7 Å². The van der Waals surface area contributed by atoms with Crippen LogP contribution in [-0.2, 0) is 4.79 Å². The van der Waals surface area contributed by atoms with Crippen LogP contribution in [0, 0.1) is 5.92 Å². The molecule has 3 unspecified atom stereocenters. The summed E-state index contributed by atoms with van der Waals surface area (Å²) in [5.74, 6) is -0.0713. The Morgan fingerprint density at radius 3 is 2.86 bits per heavy atom. The highest BCUT2D eigenvalue weighted by Crippen LogP contribution is 2.25. The lowest BCUT2D eigenvalue weighted by Gasteiger charge is -2.22. The zero-order chi connectivity index (χ0) is 10.6. The Balaban J connectivity index is 2.39. The van der Waals surface area contributed by atoms with E-state index in [1.807, 2.05) is 0 Å². The van der Waals surface area contributed by atoms with Crippen molar-refractivity contribution in [3.05, 3.63) is 0 Å². The molecule has 1 fully saturated rings. The first kappa shape index (κ1) is 11.5. The Morgan fingerprint density at radius 1 is 1.57 bits per heavy atom. The summed E-state index contributed by atoms with van der Waals surface area (Å²) < 4.78 is 0. The van der Waals surface area contributed by atoms with Gasteiger partial charge in [-0.05, 0) is 26.2 Å². The van der Waals surface area contributed by atoms with Crippen LogP contribution in [0.2, 0.25) is 0 Å². The number of nitrogens with two attached hydrogens (primary N) is 1. The van der Waals surface area contributed by atoms with Crippen LogP contribution < -0.4 is 11.1 Å². The molecule has 0 aromatic heterocycles. The van der Waals surface area contributed by atoms with Gasteiger partial charge in [0, 0.05) is 12.1 Å². The molecule has 0 spiro atoms. The highest BCUT2D eigenvalue weighted by Gasteiger charge is 2.31. The van der Waals surface area contributed by atoms with Crippen molar-refractivity contribution in [2.45, 2.75) is 58.0 Å². The lowest BCUT2D eigenvalue weighted by atomic mass is 10.0. The second-order valence-corrected chi connectivity index (χ2v) is 4.40. The predicted octanol–water partition coefficient (Wildman–Crippen LogP) is 1.42. The van der Waals surface area contributed by atoms with E-state index in [0.717, 1.165) is 19.3 Å². The molecule has 0 saturated heterocycles. The number of amides is 1. The highest BCUT2D eigenvalue weighted by molar-refractivity contribution is 5.77. The van der Waals surface area contributed by atoms with E-state index in [4.69, 9.17) is 5.73 Å². The lowest BCUT2D eigenvalue weighted by Crippen LogP contribution is -2.43. The molecule has 0 aliphatic heterocycles. The maximum atomic E-state index is 11.1. The summed E-state index contributed by atoms with van der Waals surface area (Å²) in [4.78, 5) is 11.1. The quantitative estimate of drug-likeness (QED) is 0.702. The normalized spacial score (nSPS) is 29.0. The fraction of sp³-hybridized carbons (Fsp3) is 0.909. The molecule has 1 aliphatic rings. The molecule has 1 amide bonds. The van der Waals surface area contributed by atoms with Crippen LogP contribution in [0.3, 0.4) is 0 Å². The number of hydrogen-bond acceptors (Lipinski definition) is 2. The molecule has 1 saturated carbocycles. The van der Waals surface area contributed by atoms with E-state index < -0.39 is 0 Å². The summed E-state index contributed by atoms with van der Waals surface area (Å²) >= 11 is 0. The van der Waals surface area contributed by atoms with Gasteiger partial charge in [-0.2, -0.15) is 0 Å². The Bertz CT molecular complexity index is 194. The smallest absolute Gasteiger partial charge is 0.222 e. The van der Waals surface area contributed by atoms with Crippen molar-refractivity contribution >= 4 is 5.91 Å². The molecule has 3 heteroatoms. The zero-order valence-electron chi connectivity index (χ0n) is 9.25. The first-order valence-corrected chi connectivity index (χ1v) is 5.70. The minimum absolute atomic E-state index is 0.0642. The largest absolute Gasteiger partial charge is 0.369 e. The Hall–Kier alpha value is -0.570. The van der Waals surface area contributed by atoms with Gasteiger partial charge in [-0.1, -0.05) is 19.8 Å². The molecule has 1 rings (SSSR count). The second-order valence-electron chi connectivity index (χ2n) is 4.40. The predicted molar refractivity (Wildman–Crippen MR) is 57.8 cm³/mol. The number of primary amides is 1. The van der Waals surface area contributed by atoms with Gasteiger partial charge in [-0.3, -0.25) is 4.79 Å². The van der Waals surface area contributed by atoms with Gasteiger partial charge in [0.15, 0.2) is 0 Å². The number of hydrogen-bond donors (Lipinski definition) is 2. The van der Waals surface area contributed by atoms with Crippen molar-refractivity contribution in [3.8, 4) is 0 Å². The molecule has 3 N–H and O–H groups in total. The third-order valence-corrected chi connectivity index (χ3v) is 3.10. The molecule has 0 aromatic carbocycles. The van der Waals surface area contributed by atoms with Gasteiger partial charge in [0.25, 0.3) is 0 Å². The molecule has 1 aliphatic carbocycles. The SMILES string of the molecule is CCCC(C)NC1CCCC1C(N)=O. The molecule has 14 heavy (non-hydrogen) atoms. The molecular formula is C11H22N2O. The summed E-state index contributed by atoms with van der Waals surface area (Å²) in [7, 11) is 0. The number of carbonyl (C=O) groups excluding carboxylic acids is 1. The van der Waals surface area contributed by atoms with Crippen LogP contribution in [0.15, 0.2) is 0 Å². The molecule has 0 radical (unpaired) electrons. The fourth-order valence-electron chi connectivity index (χ4n) is 2.38. The van der Waals surface area contributed by atoms with Gasteiger partial charge in [0.2, 0.25) is 5.91 Å². The zero-order valence-corrected chi connectivity index (χ0v) is 9.25. The molecule has 3 atom stereocenters. The summed E-state index contributed by atoms with van der Waals surface area (Å²) in [6.07, 6.45) is 5.54. The van der Waals surface area contributed by atoms with Crippen molar-refractivity contribution in [1.29, 1.82) is 0 Å². The van der Waals surface area contributed by atoms with Gasteiger partial charge < -0.3 is 11.1 Å². The van der Waals surface area contributed by atoms with E-state index in [0.29, 0.717) is 12.1 Å². The molecule has 3 nitrogen and oxygen atoms in total. The Morgan fingerprint density at radius 2 is 2.29 bits per heavy atom. The lowest BCUT2D eigenvalue weighted by molar-refractivity contribution is -0.122. The van der Waals surface area contributed by atoms with E-state index in [9.17, 15) is 4.79 Å². The summed E-state index contributed by atoms with van der Waals surface area (Å²) in [5, 5.41) is 3.51. The van der Waals surface area contributed by atoms with Crippen LogP contribution in [-0.4, -0.2) is 18.0 Å². The highest BCUT2D eigenvalue weighted by atomic mass is 16.1. The Labute approximate surface area is 86.4 Å². The third kappa shape index (κ3) is 2.98. The first-order valence-electron chi connectivity index (χ1n) is 5.70. The first-order chi connectivity index (χ1) is 6.65. The minimum atomic E-state index is -0.135. The second kappa shape index (κ2) is 5.35. The average Bonchev–Trinajstić information content (AvgIpc) is 2.52. The number of carbonyl (C=O) groups is 1. The third-order valence-electron chi connectivity index (χ3n) is 3.10. The van der Waals surface area contributed by atoms with Crippen LogP contribution in [0.4, 0.5) is 0 Å². The topological polar surface area (TPSA) is 55.1 Å². The molecule has 0 bridgehead atoms. The van der Waals surface area contributed by atoms with Crippen molar-refractivity contribution in [1.82, 2.24) is 5.32 Å². The standard InChI is InChI=1S/C11H22N2O/c1-3-5-8(2)13-10-7-4-6-9(10)11(12)14/h8-10,13H,3-7H2,1-2H3,(H2,12,14). The summed E-state index contributed by atoms with van der Waals surface area (Å²) in [6.45, 7) is 4.36. The molecule has 0 heterocycles.